The molecule has 0 aromatic heterocycles. The highest BCUT2D eigenvalue weighted by molar-refractivity contribution is 7.92. The van der Waals surface area contributed by atoms with Crippen molar-refractivity contribution in [3.63, 3.8) is 0 Å². The van der Waals surface area contributed by atoms with Crippen molar-refractivity contribution in [1.82, 2.24) is 10.2 Å². The van der Waals surface area contributed by atoms with E-state index in [1.807, 2.05) is 38.1 Å². The van der Waals surface area contributed by atoms with E-state index in [-0.39, 0.29) is 18.1 Å². The molecular formula is C24H32FN3O4S. The van der Waals surface area contributed by atoms with Crippen molar-refractivity contribution in [2.24, 2.45) is 0 Å². The fraction of sp³-hybridized carbons (Fsp3) is 0.417. The fourth-order valence-corrected chi connectivity index (χ4v) is 4.39. The molecular weight excluding hydrogens is 445 g/mol. The minimum atomic E-state index is -3.97. The van der Waals surface area contributed by atoms with E-state index in [0.29, 0.717) is 13.0 Å². The highest BCUT2D eigenvalue weighted by Crippen LogP contribution is 2.22. The molecule has 9 heteroatoms. The van der Waals surface area contributed by atoms with Gasteiger partial charge in [0, 0.05) is 13.1 Å². The quantitative estimate of drug-likeness (QED) is 0.538. The number of hydrogen-bond donors (Lipinski definition) is 1. The van der Waals surface area contributed by atoms with Crippen LogP contribution >= 0.6 is 0 Å². The molecule has 0 aliphatic rings. The van der Waals surface area contributed by atoms with Gasteiger partial charge in [-0.2, -0.15) is 0 Å². The Hall–Kier alpha value is -2.94. The van der Waals surface area contributed by atoms with Gasteiger partial charge in [0.2, 0.25) is 21.8 Å². The Morgan fingerprint density at radius 3 is 2.36 bits per heavy atom. The van der Waals surface area contributed by atoms with E-state index in [2.05, 4.69) is 5.32 Å². The largest absolute Gasteiger partial charge is 0.354 e. The van der Waals surface area contributed by atoms with E-state index in [0.717, 1.165) is 34.2 Å². The molecule has 7 nitrogen and oxygen atoms in total. The van der Waals surface area contributed by atoms with Crippen molar-refractivity contribution in [3.8, 4) is 0 Å². The molecule has 0 heterocycles. The predicted octanol–water partition coefficient (Wildman–Crippen LogP) is 3.23. The first-order valence-electron chi connectivity index (χ1n) is 10.9. The van der Waals surface area contributed by atoms with Crippen LogP contribution in [0.15, 0.2) is 48.5 Å². The molecule has 2 aromatic carbocycles. The van der Waals surface area contributed by atoms with Crippen LogP contribution in [-0.2, 0) is 26.2 Å². The van der Waals surface area contributed by atoms with Gasteiger partial charge in [0.1, 0.15) is 18.4 Å². The first-order valence-corrected chi connectivity index (χ1v) is 12.8. The number of carbonyl (C=O) groups excluding carboxylic acids is 2. The summed E-state index contributed by atoms with van der Waals surface area (Å²) in [7, 11) is -3.97. The lowest BCUT2D eigenvalue weighted by molar-refractivity contribution is -0.140. The number of nitrogens with one attached hydrogen (secondary N) is 1. The van der Waals surface area contributed by atoms with Crippen LogP contribution < -0.4 is 9.62 Å². The summed E-state index contributed by atoms with van der Waals surface area (Å²) < 4.78 is 40.1. The molecule has 0 fully saturated rings. The average Bonchev–Trinajstić information content (AvgIpc) is 2.75. The van der Waals surface area contributed by atoms with E-state index < -0.39 is 34.3 Å². The maximum Gasteiger partial charge on any atom is 0.244 e. The van der Waals surface area contributed by atoms with Crippen LogP contribution in [0.25, 0.3) is 0 Å². The highest BCUT2D eigenvalue weighted by Gasteiger charge is 2.32. The van der Waals surface area contributed by atoms with Gasteiger partial charge >= 0.3 is 0 Å². The SMILES string of the molecule is CCCNC(=O)[C@H](CC)N(Cc1cccc(C)c1)C(=O)CN(c1ccccc1F)S(C)(=O)=O. The first kappa shape index (κ1) is 26.3. The van der Waals surface area contributed by atoms with Crippen LogP contribution in [0.4, 0.5) is 10.1 Å². The minimum Gasteiger partial charge on any atom is -0.354 e. The Balaban J connectivity index is 2.44. The van der Waals surface area contributed by atoms with Gasteiger partial charge in [0.05, 0.1) is 11.9 Å². The Morgan fingerprint density at radius 1 is 1.09 bits per heavy atom. The lowest BCUT2D eigenvalue weighted by atomic mass is 10.1. The van der Waals surface area contributed by atoms with E-state index in [1.165, 1.54) is 23.1 Å². The number of nitrogens with zero attached hydrogens (tertiary/aromatic N) is 2. The summed E-state index contributed by atoms with van der Waals surface area (Å²) in [6, 6.07) is 12.1. The van der Waals surface area contributed by atoms with Crippen LogP contribution in [0, 0.1) is 12.7 Å². The normalized spacial score (nSPS) is 12.2. The predicted molar refractivity (Wildman–Crippen MR) is 128 cm³/mol. The number of anilines is 1. The lowest BCUT2D eigenvalue weighted by Gasteiger charge is -2.33. The van der Waals surface area contributed by atoms with Gasteiger partial charge in [0.15, 0.2) is 0 Å². The molecule has 180 valence electrons. The Labute approximate surface area is 195 Å². The number of rotatable bonds is 11. The van der Waals surface area contributed by atoms with Crippen LogP contribution in [-0.4, -0.2) is 50.5 Å². The molecule has 0 aliphatic carbocycles. The van der Waals surface area contributed by atoms with Crippen LogP contribution in [0.1, 0.15) is 37.8 Å². The van der Waals surface area contributed by atoms with Crippen molar-refractivity contribution >= 4 is 27.5 Å². The van der Waals surface area contributed by atoms with Crippen LogP contribution in [0.3, 0.4) is 0 Å². The van der Waals surface area contributed by atoms with Gasteiger partial charge in [-0.05, 0) is 37.5 Å². The van der Waals surface area contributed by atoms with Crippen molar-refractivity contribution in [2.45, 2.75) is 46.2 Å². The molecule has 33 heavy (non-hydrogen) atoms. The van der Waals surface area contributed by atoms with Crippen molar-refractivity contribution < 1.29 is 22.4 Å². The summed E-state index contributed by atoms with van der Waals surface area (Å²) >= 11 is 0. The molecule has 1 N–H and O–H groups in total. The number of sulfonamides is 1. The van der Waals surface area contributed by atoms with E-state index in [9.17, 15) is 22.4 Å². The maximum absolute atomic E-state index is 14.4. The van der Waals surface area contributed by atoms with Gasteiger partial charge in [-0.1, -0.05) is 55.8 Å². The fourth-order valence-electron chi connectivity index (χ4n) is 3.54. The zero-order valence-electron chi connectivity index (χ0n) is 19.5. The molecule has 0 unspecified atom stereocenters. The second-order valence-corrected chi connectivity index (χ2v) is 9.85. The van der Waals surface area contributed by atoms with E-state index >= 15 is 0 Å². The smallest absolute Gasteiger partial charge is 0.244 e. The van der Waals surface area contributed by atoms with E-state index in [1.54, 1.807) is 6.92 Å². The zero-order chi connectivity index (χ0) is 24.6. The first-order chi connectivity index (χ1) is 15.6. The van der Waals surface area contributed by atoms with Gasteiger partial charge in [0.25, 0.3) is 0 Å². The molecule has 0 saturated heterocycles. The third kappa shape index (κ3) is 7.28. The van der Waals surface area contributed by atoms with Crippen molar-refractivity contribution in [1.29, 1.82) is 0 Å². The van der Waals surface area contributed by atoms with E-state index in [4.69, 9.17) is 0 Å². The average molecular weight is 478 g/mol. The molecule has 0 aliphatic heterocycles. The molecule has 0 spiro atoms. The van der Waals surface area contributed by atoms with Crippen LogP contribution in [0.5, 0.6) is 0 Å². The molecule has 0 bridgehead atoms. The zero-order valence-corrected chi connectivity index (χ0v) is 20.4. The van der Waals surface area contributed by atoms with Crippen LogP contribution in [0.2, 0.25) is 0 Å². The van der Waals surface area contributed by atoms with Gasteiger partial charge < -0.3 is 10.2 Å². The summed E-state index contributed by atoms with van der Waals surface area (Å²) in [6.45, 7) is 5.60. The second-order valence-electron chi connectivity index (χ2n) is 7.95. The maximum atomic E-state index is 14.4. The Morgan fingerprint density at radius 2 is 1.79 bits per heavy atom. The Bertz CT molecular complexity index is 1070. The monoisotopic (exact) mass is 477 g/mol. The number of carbonyl (C=O) groups is 2. The molecule has 0 saturated carbocycles. The van der Waals surface area contributed by atoms with Crippen molar-refractivity contribution in [2.75, 3.05) is 23.7 Å². The topological polar surface area (TPSA) is 86.8 Å². The molecule has 2 amide bonds. The summed E-state index contributed by atoms with van der Waals surface area (Å²) in [5.74, 6) is -1.66. The summed E-state index contributed by atoms with van der Waals surface area (Å²) in [6.07, 6.45) is 2.00. The number of amides is 2. The number of benzene rings is 2. The highest BCUT2D eigenvalue weighted by atomic mass is 32.2. The van der Waals surface area contributed by atoms with Gasteiger partial charge in [-0.3, -0.25) is 13.9 Å². The third-order valence-corrected chi connectivity index (χ3v) is 6.30. The Kier molecular flexibility index (Phi) is 9.40. The molecule has 2 rings (SSSR count). The third-order valence-electron chi connectivity index (χ3n) is 5.17. The molecule has 1 atom stereocenters. The number of aryl methyl sites for hydroxylation is 1. The summed E-state index contributed by atoms with van der Waals surface area (Å²) in [5.41, 5.74) is 1.58. The minimum absolute atomic E-state index is 0.118. The van der Waals surface area contributed by atoms with Crippen molar-refractivity contribution in [3.05, 3.63) is 65.5 Å². The second kappa shape index (κ2) is 11.8. The summed E-state index contributed by atoms with van der Waals surface area (Å²) in [4.78, 5) is 27.7. The summed E-state index contributed by atoms with van der Waals surface area (Å²) in [5, 5.41) is 2.82. The number of para-hydroxylation sites is 1. The lowest BCUT2D eigenvalue weighted by Crippen LogP contribution is -2.52. The number of halogens is 1. The molecule has 2 aromatic rings. The number of hydrogen-bond acceptors (Lipinski definition) is 4. The van der Waals surface area contributed by atoms with Gasteiger partial charge in [-0.15, -0.1) is 0 Å². The standard InChI is InChI=1S/C24H32FN3O4S/c1-5-14-26-24(30)21(6-2)27(16-19-11-9-10-18(3)15-19)23(29)17-28(33(4,31)32)22-13-8-7-12-20(22)25/h7-13,15,21H,5-6,14,16-17H2,1-4H3,(H,26,30)/t21-/m0/s1. The van der Waals surface area contributed by atoms with Gasteiger partial charge in [-0.25, -0.2) is 12.8 Å². The molecule has 0 radical (unpaired) electrons.